The van der Waals surface area contributed by atoms with Gasteiger partial charge in [0.25, 0.3) is 5.91 Å². The maximum atomic E-state index is 11.3. The van der Waals surface area contributed by atoms with Gasteiger partial charge >= 0.3 is 0 Å². The van der Waals surface area contributed by atoms with E-state index in [4.69, 9.17) is 0 Å². The Bertz CT molecular complexity index is 281. The van der Waals surface area contributed by atoms with Crippen molar-refractivity contribution in [1.29, 1.82) is 0 Å². The van der Waals surface area contributed by atoms with E-state index in [9.17, 15) is 4.79 Å². The van der Waals surface area contributed by atoms with Crippen LogP contribution in [0.4, 0.5) is 0 Å². The minimum atomic E-state index is -0.0648. The zero-order valence-corrected chi connectivity index (χ0v) is 6.90. The topological polar surface area (TPSA) is 37.3 Å². The lowest BCUT2D eigenvalue weighted by atomic mass is 10.3. The second-order valence-electron chi connectivity index (χ2n) is 3.00. The van der Waals surface area contributed by atoms with Gasteiger partial charge in [-0.3, -0.25) is 10.2 Å². The number of aromatic nitrogens is 1. The highest BCUT2D eigenvalue weighted by atomic mass is 16.2. The molecule has 12 heavy (non-hydrogen) atoms. The predicted octanol–water partition coefficient (Wildman–Crippen LogP) is 0.00580. The van der Waals surface area contributed by atoms with Gasteiger partial charge in [0.05, 0.1) is 0 Å². The number of rotatable bonds is 1. The smallest absolute Gasteiger partial charge is 0.258 e. The van der Waals surface area contributed by atoms with E-state index in [1.807, 2.05) is 36.1 Å². The first-order valence-electron chi connectivity index (χ1n) is 3.91. The van der Waals surface area contributed by atoms with Crippen LogP contribution in [0.15, 0.2) is 24.5 Å². The molecule has 0 radical (unpaired) electrons. The third kappa shape index (κ3) is 1.10. The molecule has 1 aliphatic rings. The summed E-state index contributed by atoms with van der Waals surface area (Å²) in [7, 11) is 1.86. The van der Waals surface area contributed by atoms with Crippen LogP contribution >= 0.6 is 0 Å². The number of nitrogens with zero attached hydrogens (tertiary/aromatic N) is 2. The second kappa shape index (κ2) is 2.64. The summed E-state index contributed by atoms with van der Waals surface area (Å²) < 4.78 is 1.92. The van der Waals surface area contributed by atoms with E-state index in [1.165, 1.54) is 0 Å². The lowest BCUT2D eigenvalue weighted by Crippen LogP contribution is -2.28. The predicted molar refractivity (Wildman–Crippen MR) is 44.2 cm³/mol. The number of carbonyl (C=O) groups excluding carboxylic acids is 1. The van der Waals surface area contributed by atoms with Gasteiger partial charge < -0.3 is 4.57 Å². The van der Waals surface area contributed by atoms with Crippen LogP contribution in [0.3, 0.4) is 0 Å². The molecule has 2 rings (SSSR count). The van der Waals surface area contributed by atoms with E-state index in [-0.39, 0.29) is 11.9 Å². The van der Waals surface area contributed by atoms with Crippen molar-refractivity contribution in [1.82, 2.24) is 15.0 Å². The Kier molecular flexibility index (Phi) is 1.62. The molecule has 1 aromatic heterocycles. The highest BCUT2D eigenvalue weighted by Crippen LogP contribution is 2.12. The van der Waals surface area contributed by atoms with Crippen molar-refractivity contribution in [2.45, 2.75) is 6.04 Å². The van der Waals surface area contributed by atoms with Gasteiger partial charge in [0, 0.05) is 26.0 Å². The summed E-state index contributed by atoms with van der Waals surface area (Å²) in [6, 6.07) is 3.78. The summed E-state index contributed by atoms with van der Waals surface area (Å²) >= 11 is 0. The molecule has 2 heterocycles. The van der Waals surface area contributed by atoms with Gasteiger partial charge in [0.2, 0.25) is 0 Å². The van der Waals surface area contributed by atoms with Gasteiger partial charge in [-0.15, -0.1) is 0 Å². The van der Waals surface area contributed by atoms with Crippen LogP contribution in [0.5, 0.6) is 0 Å². The number of hydrogen-bond acceptors (Lipinski definition) is 2. The van der Waals surface area contributed by atoms with Crippen LogP contribution < -0.4 is 5.43 Å². The van der Waals surface area contributed by atoms with E-state index < -0.39 is 0 Å². The minimum Gasteiger partial charge on any atom is -0.341 e. The Morgan fingerprint density at radius 2 is 2.17 bits per heavy atom. The monoisotopic (exact) mass is 165 g/mol. The second-order valence-corrected chi connectivity index (χ2v) is 3.00. The molecule has 0 aromatic carbocycles. The molecule has 0 saturated carbocycles. The van der Waals surface area contributed by atoms with Gasteiger partial charge in [-0.05, 0) is 12.1 Å². The molecule has 1 saturated heterocycles. The highest BCUT2D eigenvalue weighted by molar-refractivity contribution is 5.81. The minimum absolute atomic E-state index is 0.0636. The SMILES string of the molecule is CN1CC(n2cccc2)C(=O)N1. The van der Waals surface area contributed by atoms with E-state index in [0.717, 1.165) is 6.54 Å². The first-order chi connectivity index (χ1) is 5.77. The fourth-order valence-electron chi connectivity index (χ4n) is 1.44. The van der Waals surface area contributed by atoms with Crippen molar-refractivity contribution in [2.24, 2.45) is 0 Å². The number of nitrogens with one attached hydrogen (secondary N) is 1. The van der Waals surface area contributed by atoms with Crippen molar-refractivity contribution < 1.29 is 4.79 Å². The maximum Gasteiger partial charge on any atom is 0.258 e. The molecule has 1 fully saturated rings. The largest absolute Gasteiger partial charge is 0.341 e. The number of hydrogen-bond donors (Lipinski definition) is 1. The molecule has 1 N–H and O–H groups in total. The molecule has 0 bridgehead atoms. The number of hydrazine groups is 1. The van der Waals surface area contributed by atoms with Crippen LogP contribution in [0.25, 0.3) is 0 Å². The van der Waals surface area contributed by atoms with Crippen molar-refractivity contribution in [3.8, 4) is 0 Å². The van der Waals surface area contributed by atoms with Crippen LogP contribution in [0, 0.1) is 0 Å². The van der Waals surface area contributed by atoms with Gasteiger partial charge in [-0.2, -0.15) is 0 Å². The lowest BCUT2D eigenvalue weighted by molar-refractivity contribution is -0.123. The molecule has 4 nitrogen and oxygen atoms in total. The van der Waals surface area contributed by atoms with E-state index in [0.29, 0.717) is 0 Å². The molecular formula is C8H11N3O. The number of carbonyl (C=O) groups is 1. The summed E-state index contributed by atoms with van der Waals surface area (Å²) in [4.78, 5) is 11.3. The fourth-order valence-corrected chi connectivity index (χ4v) is 1.44. The molecule has 0 spiro atoms. The molecule has 1 aliphatic heterocycles. The van der Waals surface area contributed by atoms with Crippen LogP contribution in [-0.4, -0.2) is 29.1 Å². The van der Waals surface area contributed by atoms with E-state index in [1.54, 1.807) is 5.01 Å². The maximum absolute atomic E-state index is 11.3. The lowest BCUT2D eigenvalue weighted by Gasteiger charge is -2.07. The average Bonchev–Trinajstić information content (AvgIpc) is 2.58. The highest BCUT2D eigenvalue weighted by Gasteiger charge is 2.28. The van der Waals surface area contributed by atoms with Gasteiger partial charge in [-0.1, -0.05) is 0 Å². The van der Waals surface area contributed by atoms with Gasteiger partial charge in [0.15, 0.2) is 0 Å². The Morgan fingerprint density at radius 3 is 2.67 bits per heavy atom. The summed E-state index contributed by atoms with van der Waals surface area (Å²) in [6.07, 6.45) is 3.81. The van der Waals surface area contributed by atoms with Crippen LogP contribution in [0.1, 0.15) is 6.04 Å². The Labute approximate surface area is 70.7 Å². The quantitative estimate of drug-likeness (QED) is 0.636. The Balaban J connectivity index is 2.21. The average molecular weight is 165 g/mol. The first-order valence-corrected chi connectivity index (χ1v) is 3.91. The van der Waals surface area contributed by atoms with Crippen molar-refractivity contribution in [3.05, 3.63) is 24.5 Å². The Morgan fingerprint density at radius 1 is 1.50 bits per heavy atom. The summed E-state index contributed by atoms with van der Waals surface area (Å²) in [5, 5.41) is 1.80. The first kappa shape index (κ1) is 7.36. The molecule has 1 amide bonds. The van der Waals surface area contributed by atoms with Gasteiger partial charge in [-0.25, -0.2) is 5.01 Å². The Hall–Kier alpha value is -1.29. The van der Waals surface area contributed by atoms with Crippen molar-refractivity contribution in [3.63, 3.8) is 0 Å². The van der Waals surface area contributed by atoms with Crippen LogP contribution in [0.2, 0.25) is 0 Å². The molecular weight excluding hydrogens is 154 g/mol. The summed E-state index contributed by atoms with van der Waals surface area (Å²) in [5.74, 6) is 0.0636. The molecule has 1 unspecified atom stereocenters. The molecule has 1 atom stereocenters. The molecule has 4 heteroatoms. The third-order valence-electron chi connectivity index (χ3n) is 2.04. The number of amides is 1. The van der Waals surface area contributed by atoms with E-state index in [2.05, 4.69) is 5.43 Å². The molecule has 0 aliphatic carbocycles. The molecule has 64 valence electrons. The van der Waals surface area contributed by atoms with Crippen molar-refractivity contribution in [2.75, 3.05) is 13.6 Å². The van der Waals surface area contributed by atoms with E-state index >= 15 is 0 Å². The normalized spacial score (nSPS) is 24.4. The standard InChI is InChI=1S/C8H11N3O/c1-10-6-7(8(12)9-10)11-4-2-3-5-11/h2-5,7H,6H2,1H3,(H,9,12). The fraction of sp³-hybridized carbons (Fsp3) is 0.375. The zero-order chi connectivity index (χ0) is 8.55. The summed E-state index contributed by atoms with van der Waals surface area (Å²) in [6.45, 7) is 0.730. The third-order valence-corrected chi connectivity index (χ3v) is 2.04. The zero-order valence-electron chi connectivity index (χ0n) is 6.90. The van der Waals surface area contributed by atoms with Gasteiger partial charge in [0.1, 0.15) is 6.04 Å². The van der Waals surface area contributed by atoms with Crippen molar-refractivity contribution >= 4 is 5.91 Å². The number of likely N-dealkylation sites (N-methyl/N-ethyl adjacent to an activating group) is 1. The summed E-state index contributed by atoms with van der Waals surface area (Å²) in [5.41, 5.74) is 2.73. The molecule has 1 aromatic rings. The van der Waals surface area contributed by atoms with Crippen LogP contribution in [-0.2, 0) is 4.79 Å².